The fraction of sp³-hybridized carbons (Fsp3) is 0.423. The molecule has 0 aliphatic rings. The van der Waals surface area contributed by atoms with Gasteiger partial charge in [0.15, 0.2) is 34.0 Å². The minimum atomic E-state index is -1.27. The van der Waals surface area contributed by atoms with Gasteiger partial charge >= 0.3 is 11.9 Å². The molecule has 0 spiro atoms. The number of anilines is 6. The summed E-state index contributed by atoms with van der Waals surface area (Å²) in [5, 5.41) is 30.4. The molecule has 4 heterocycles. The van der Waals surface area contributed by atoms with Crippen molar-refractivity contribution in [3.05, 3.63) is 83.4 Å². The van der Waals surface area contributed by atoms with Crippen molar-refractivity contribution in [3.8, 4) is 0 Å². The standard InChI is InChI=1S/C52H68N18O8/c1-4-30(25-58-40(72)23-21-38(50(77)78)64-48(74)32-14-18-36(19-15-32)70(3)29-34-27-60-46-42(62-34)44(54)66-52(56)68-46)11-9-7-5-6-8-10-24-57-39(71)22-20-37(49(75)76)63-47(73)31-12-16-35(17-13-31)69(2)28-33-26-59-45-41(61-33)43(53)65-51(55)67-45/h12-19,26-27,30,37-38H,4-11,20-25,28-29H2,1-3H3,(H,57,71)(H,58,72)(H,63,73)(H,64,74)(H,75,76)(H,77,78)(H4,53,55,59,65,67)(H4,54,56,60,66,68)/t30?,37-,38-/m0/s1. The van der Waals surface area contributed by atoms with E-state index in [-0.39, 0.29) is 89.4 Å². The first kappa shape index (κ1) is 58.2. The number of unbranched alkanes of at least 4 members (excludes halogenated alkanes) is 5. The van der Waals surface area contributed by atoms with Crippen LogP contribution in [0.15, 0.2) is 60.9 Å². The lowest BCUT2D eigenvalue weighted by Gasteiger charge is -2.20. The summed E-state index contributed by atoms with van der Waals surface area (Å²) in [4.78, 5) is 113. The van der Waals surface area contributed by atoms with Crippen molar-refractivity contribution in [2.75, 3.05) is 59.9 Å². The molecule has 4 amide bonds. The number of fused-ring (bicyclic) bond motifs is 2. The van der Waals surface area contributed by atoms with Crippen LogP contribution in [0.5, 0.6) is 0 Å². The molecule has 0 aliphatic carbocycles. The highest BCUT2D eigenvalue weighted by atomic mass is 16.4. The van der Waals surface area contributed by atoms with Crippen molar-refractivity contribution >= 4 is 92.8 Å². The third-order valence-electron chi connectivity index (χ3n) is 13.0. The number of carboxylic acid groups (broad SMARTS) is 2. The van der Waals surface area contributed by atoms with E-state index in [1.165, 1.54) is 0 Å². The summed E-state index contributed by atoms with van der Waals surface area (Å²) in [5.41, 5.74) is 27.6. The Morgan fingerprint density at radius 2 is 0.974 bits per heavy atom. The zero-order chi connectivity index (χ0) is 56.3. The molecule has 78 heavy (non-hydrogen) atoms. The molecule has 6 aromatic rings. The zero-order valence-corrected chi connectivity index (χ0v) is 43.9. The number of nitrogens with two attached hydrogens (primary N) is 4. The highest BCUT2D eigenvalue weighted by Gasteiger charge is 2.24. The third-order valence-corrected chi connectivity index (χ3v) is 13.0. The van der Waals surface area contributed by atoms with Gasteiger partial charge in [0.2, 0.25) is 23.7 Å². The van der Waals surface area contributed by atoms with E-state index in [4.69, 9.17) is 22.9 Å². The second-order valence-electron chi connectivity index (χ2n) is 19.0. The second-order valence-corrected chi connectivity index (χ2v) is 19.0. The number of hydrogen-bond donors (Lipinski definition) is 10. The predicted molar refractivity (Wildman–Crippen MR) is 293 cm³/mol. The number of aromatic nitrogens is 8. The van der Waals surface area contributed by atoms with Gasteiger partial charge in [0.25, 0.3) is 11.8 Å². The molecule has 4 aromatic heterocycles. The number of nitrogens with zero attached hydrogens (tertiary/aromatic N) is 10. The van der Waals surface area contributed by atoms with Crippen LogP contribution in [0.3, 0.4) is 0 Å². The number of nitrogens with one attached hydrogen (secondary N) is 4. The van der Waals surface area contributed by atoms with Crippen molar-refractivity contribution in [1.29, 1.82) is 0 Å². The van der Waals surface area contributed by atoms with Gasteiger partial charge in [-0.25, -0.2) is 29.5 Å². The fourth-order valence-corrected chi connectivity index (χ4v) is 8.45. The third kappa shape index (κ3) is 17.2. The molecule has 0 saturated carbocycles. The smallest absolute Gasteiger partial charge is 0.326 e. The van der Waals surface area contributed by atoms with Gasteiger partial charge in [0.05, 0.1) is 36.9 Å². The number of carbonyl (C=O) groups excluding carboxylic acids is 4. The van der Waals surface area contributed by atoms with E-state index in [1.807, 2.05) is 23.9 Å². The molecule has 0 fully saturated rings. The molecular weight excluding hydrogens is 1000 g/mol. The maximum atomic E-state index is 13.0. The normalized spacial score (nSPS) is 12.3. The van der Waals surface area contributed by atoms with Crippen LogP contribution >= 0.6 is 0 Å². The summed E-state index contributed by atoms with van der Waals surface area (Å²) < 4.78 is 0. The van der Waals surface area contributed by atoms with Crippen molar-refractivity contribution in [2.24, 2.45) is 5.92 Å². The highest BCUT2D eigenvalue weighted by molar-refractivity contribution is 5.98. The zero-order valence-electron chi connectivity index (χ0n) is 43.9. The topological polar surface area (TPSA) is 405 Å². The Balaban J connectivity index is 0.794. The average molecular weight is 1070 g/mol. The highest BCUT2D eigenvalue weighted by Crippen LogP contribution is 2.22. The molecule has 1 unspecified atom stereocenters. The van der Waals surface area contributed by atoms with E-state index in [1.54, 1.807) is 60.9 Å². The van der Waals surface area contributed by atoms with Crippen LogP contribution in [0.4, 0.5) is 34.9 Å². The Morgan fingerprint density at radius 3 is 1.41 bits per heavy atom. The largest absolute Gasteiger partial charge is 0.480 e. The van der Waals surface area contributed by atoms with Crippen LogP contribution in [0, 0.1) is 5.92 Å². The lowest BCUT2D eigenvalue weighted by Crippen LogP contribution is -2.41. The van der Waals surface area contributed by atoms with E-state index < -0.39 is 35.8 Å². The van der Waals surface area contributed by atoms with Gasteiger partial charge in [-0.1, -0.05) is 45.4 Å². The Labute approximate surface area is 450 Å². The minimum absolute atomic E-state index is 0.00287. The first-order valence-corrected chi connectivity index (χ1v) is 25.7. The van der Waals surface area contributed by atoms with Crippen LogP contribution in [0.2, 0.25) is 0 Å². The van der Waals surface area contributed by atoms with E-state index in [2.05, 4.69) is 68.1 Å². The summed E-state index contributed by atoms with van der Waals surface area (Å²) >= 11 is 0. The average Bonchev–Trinajstić information content (AvgIpc) is 3.42. The molecule has 26 nitrogen and oxygen atoms in total. The van der Waals surface area contributed by atoms with Crippen molar-refractivity contribution < 1.29 is 39.0 Å². The summed E-state index contributed by atoms with van der Waals surface area (Å²) in [7, 11) is 3.66. The van der Waals surface area contributed by atoms with Crippen LogP contribution in [-0.4, -0.2) is 125 Å². The molecule has 414 valence electrons. The van der Waals surface area contributed by atoms with Gasteiger partial charge in [-0.3, -0.25) is 19.2 Å². The second kappa shape index (κ2) is 28.2. The summed E-state index contributed by atoms with van der Waals surface area (Å²) in [6.07, 6.45) is 10.3. The molecule has 2 aromatic carbocycles. The maximum Gasteiger partial charge on any atom is 0.326 e. The number of hydrogen-bond acceptors (Lipinski definition) is 20. The van der Waals surface area contributed by atoms with Crippen LogP contribution in [0.1, 0.15) is 116 Å². The molecule has 0 saturated heterocycles. The van der Waals surface area contributed by atoms with Gasteiger partial charge in [0, 0.05) is 62.5 Å². The SMILES string of the molecule is CCC(CCCCCCCCNC(=O)CC[C@H](NC(=O)c1ccc(N(C)Cc2cnc3nc(N)nc(N)c3n2)cc1)C(=O)O)CNC(=O)CC[C@H](NC(=O)c1ccc(N(C)Cc2cnc3nc(N)nc(N)c3n2)cc1)C(=O)O. The van der Waals surface area contributed by atoms with Gasteiger partial charge in [0.1, 0.15) is 12.1 Å². The summed E-state index contributed by atoms with van der Waals surface area (Å²) in [6, 6.07) is 10.7. The first-order chi connectivity index (χ1) is 37.4. The van der Waals surface area contributed by atoms with Gasteiger partial charge in [-0.2, -0.15) is 19.9 Å². The number of carbonyl (C=O) groups is 6. The molecule has 3 atom stereocenters. The Morgan fingerprint density at radius 1 is 0.551 bits per heavy atom. The number of aliphatic carboxylic acids is 2. The van der Waals surface area contributed by atoms with Crippen molar-refractivity contribution in [1.82, 2.24) is 61.1 Å². The van der Waals surface area contributed by atoms with Gasteiger partial charge < -0.3 is 64.2 Å². The maximum absolute atomic E-state index is 13.0. The van der Waals surface area contributed by atoms with Crippen molar-refractivity contribution in [2.45, 2.75) is 109 Å². The minimum Gasteiger partial charge on any atom is -0.480 e. The molecule has 6 rings (SSSR count). The number of benzene rings is 2. The van der Waals surface area contributed by atoms with E-state index in [0.717, 1.165) is 62.7 Å². The van der Waals surface area contributed by atoms with Crippen LogP contribution < -0.4 is 54.0 Å². The van der Waals surface area contributed by atoms with Crippen LogP contribution in [-0.2, 0) is 32.3 Å². The summed E-state index contributed by atoms with van der Waals surface area (Å²) in [5.74, 6) is -3.73. The Bertz CT molecular complexity index is 3060. The molecule has 0 radical (unpaired) electrons. The van der Waals surface area contributed by atoms with Gasteiger partial charge in [-0.05, 0) is 80.1 Å². The Hall–Kier alpha value is -9.10. The number of rotatable bonds is 30. The number of nitrogen functional groups attached to an aromatic ring is 4. The molecule has 14 N–H and O–H groups in total. The van der Waals surface area contributed by atoms with E-state index in [0.29, 0.717) is 48.6 Å². The Kier molecular flexibility index (Phi) is 21.0. The monoisotopic (exact) mass is 1070 g/mol. The molecule has 0 aliphatic heterocycles. The summed E-state index contributed by atoms with van der Waals surface area (Å²) in [6.45, 7) is 3.68. The fourth-order valence-electron chi connectivity index (χ4n) is 8.45. The van der Waals surface area contributed by atoms with Crippen molar-refractivity contribution in [3.63, 3.8) is 0 Å². The number of carboxylic acids is 2. The predicted octanol–water partition coefficient (Wildman–Crippen LogP) is 3.37. The lowest BCUT2D eigenvalue weighted by atomic mass is 9.97. The quantitative estimate of drug-likeness (QED) is 0.0289. The first-order valence-electron chi connectivity index (χ1n) is 25.7. The molecule has 0 bridgehead atoms. The number of amides is 4. The molecule has 26 heteroatoms. The van der Waals surface area contributed by atoms with E-state index >= 15 is 0 Å². The van der Waals surface area contributed by atoms with Crippen LogP contribution in [0.25, 0.3) is 22.3 Å². The molecular formula is C52H68N18O8. The van der Waals surface area contributed by atoms with Gasteiger partial charge in [-0.15, -0.1) is 0 Å². The van der Waals surface area contributed by atoms with E-state index in [9.17, 15) is 39.0 Å². The lowest BCUT2D eigenvalue weighted by molar-refractivity contribution is -0.140.